The first-order valence-corrected chi connectivity index (χ1v) is 5.53. The van der Waals surface area contributed by atoms with Gasteiger partial charge in [0, 0.05) is 5.54 Å². The van der Waals surface area contributed by atoms with Gasteiger partial charge in [-0.1, -0.05) is 6.42 Å². The topological polar surface area (TPSA) is 60.8 Å². The van der Waals surface area contributed by atoms with E-state index in [0.29, 0.717) is 12.8 Å². The number of amides is 1. The molecule has 4 heteroatoms. The van der Waals surface area contributed by atoms with Gasteiger partial charge in [0.2, 0.25) is 0 Å². The number of nitrogens with zero attached hydrogens (tertiary/aromatic N) is 1. The van der Waals surface area contributed by atoms with Gasteiger partial charge in [0.05, 0.1) is 0 Å². The fourth-order valence-electron chi connectivity index (χ4n) is 2.43. The molecule has 0 spiro atoms. The molecule has 0 aromatic carbocycles. The quantitative estimate of drug-likeness (QED) is 0.660. The van der Waals surface area contributed by atoms with Crippen LogP contribution in [0.4, 0.5) is 4.79 Å². The van der Waals surface area contributed by atoms with Crippen molar-refractivity contribution in [3.63, 3.8) is 0 Å². The normalized spacial score (nSPS) is 21.1. The molecule has 0 bridgehead atoms. The molecule has 4 nitrogen and oxygen atoms in total. The predicted molar refractivity (Wildman–Crippen MR) is 57.7 cm³/mol. The molecule has 15 heavy (non-hydrogen) atoms. The number of carboxylic acid groups (broad SMARTS) is 1. The third-order valence-corrected chi connectivity index (χ3v) is 2.93. The Morgan fingerprint density at radius 3 is 2.00 bits per heavy atom. The minimum atomic E-state index is -1.16. The summed E-state index contributed by atoms with van der Waals surface area (Å²) in [6.07, 6.45) is 2.95. The van der Waals surface area contributed by atoms with Gasteiger partial charge < -0.3 is 10.2 Å². The van der Waals surface area contributed by atoms with Gasteiger partial charge in [-0.15, -0.1) is 0 Å². The monoisotopic (exact) mass is 215 g/mol. The number of carbonyl (C=O) groups is 1. The fourth-order valence-corrected chi connectivity index (χ4v) is 2.43. The van der Waals surface area contributed by atoms with Crippen molar-refractivity contribution in [2.45, 2.75) is 64.1 Å². The number of hydrogen-bond donors (Lipinski definition) is 2. The minimum Gasteiger partial charge on any atom is -0.465 e. The maximum Gasteiger partial charge on any atom is 0.410 e. The molecule has 1 fully saturated rings. The number of rotatable bonds is 1. The number of aliphatic hydroxyl groups is 1. The molecule has 0 aromatic rings. The molecule has 0 radical (unpaired) electrons. The Hall–Kier alpha value is -0.770. The lowest BCUT2D eigenvalue weighted by Crippen LogP contribution is -2.60. The molecule has 1 saturated carbocycles. The first-order valence-electron chi connectivity index (χ1n) is 5.53. The Labute approximate surface area is 90.9 Å². The van der Waals surface area contributed by atoms with E-state index in [4.69, 9.17) is 0 Å². The summed E-state index contributed by atoms with van der Waals surface area (Å²) in [6.45, 7) is 5.44. The Morgan fingerprint density at radius 1 is 1.20 bits per heavy atom. The average Bonchev–Trinajstić information content (AvgIpc) is 2.00. The van der Waals surface area contributed by atoms with Crippen LogP contribution in [0.1, 0.15) is 52.9 Å². The maximum absolute atomic E-state index is 11.2. The summed E-state index contributed by atoms with van der Waals surface area (Å²) in [5.41, 5.74) is -1.72. The minimum absolute atomic E-state index is 0.552. The van der Waals surface area contributed by atoms with Gasteiger partial charge in [0.15, 0.2) is 0 Å². The molecule has 1 aliphatic rings. The van der Waals surface area contributed by atoms with Crippen LogP contribution in [0.25, 0.3) is 0 Å². The predicted octanol–water partition coefficient (Wildman–Crippen LogP) is 2.42. The van der Waals surface area contributed by atoms with E-state index >= 15 is 0 Å². The van der Waals surface area contributed by atoms with Crippen LogP contribution in [-0.4, -0.2) is 32.5 Å². The molecule has 0 aliphatic heterocycles. The average molecular weight is 215 g/mol. The van der Waals surface area contributed by atoms with E-state index in [1.807, 2.05) is 20.8 Å². The Balaban J connectivity index is 2.92. The summed E-state index contributed by atoms with van der Waals surface area (Å²) in [7, 11) is 0. The van der Waals surface area contributed by atoms with E-state index in [1.165, 1.54) is 4.90 Å². The van der Waals surface area contributed by atoms with Crippen molar-refractivity contribution >= 4 is 6.09 Å². The summed E-state index contributed by atoms with van der Waals surface area (Å²) < 4.78 is 0. The highest BCUT2D eigenvalue weighted by Crippen LogP contribution is 2.35. The Bertz CT molecular complexity index is 239. The van der Waals surface area contributed by atoms with Crippen LogP contribution in [0.2, 0.25) is 0 Å². The molecule has 1 amide bonds. The number of hydrogen-bond acceptors (Lipinski definition) is 2. The van der Waals surface area contributed by atoms with Gasteiger partial charge in [0.25, 0.3) is 0 Å². The van der Waals surface area contributed by atoms with Crippen LogP contribution in [0.3, 0.4) is 0 Å². The summed E-state index contributed by atoms with van der Waals surface area (Å²) in [4.78, 5) is 12.4. The summed E-state index contributed by atoms with van der Waals surface area (Å²) in [6, 6.07) is 0. The van der Waals surface area contributed by atoms with Crippen LogP contribution in [0, 0.1) is 0 Å². The smallest absolute Gasteiger partial charge is 0.410 e. The summed E-state index contributed by atoms with van der Waals surface area (Å²) in [5, 5.41) is 19.6. The highest BCUT2D eigenvalue weighted by molar-refractivity contribution is 5.67. The van der Waals surface area contributed by atoms with Gasteiger partial charge in [-0.2, -0.15) is 0 Å². The first-order chi connectivity index (χ1) is 6.77. The highest BCUT2D eigenvalue weighted by Gasteiger charge is 2.44. The zero-order chi connectivity index (χ0) is 11.7. The van der Waals surface area contributed by atoms with E-state index in [1.54, 1.807) is 0 Å². The van der Waals surface area contributed by atoms with Crippen molar-refractivity contribution in [3.05, 3.63) is 0 Å². The fraction of sp³-hybridized carbons (Fsp3) is 0.909. The molecule has 0 heterocycles. The second-order valence-corrected chi connectivity index (χ2v) is 5.33. The Morgan fingerprint density at radius 2 is 1.67 bits per heavy atom. The van der Waals surface area contributed by atoms with Gasteiger partial charge in [-0.25, -0.2) is 4.79 Å². The van der Waals surface area contributed by atoms with Crippen LogP contribution in [-0.2, 0) is 0 Å². The van der Waals surface area contributed by atoms with Crippen molar-refractivity contribution in [3.8, 4) is 0 Å². The summed E-state index contributed by atoms with van der Waals surface area (Å²) in [5.74, 6) is 0. The van der Waals surface area contributed by atoms with Gasteiger partial charge in [-0.3, -0.25) is 4.90 Å². The largest absolute Gasteiger partial charge is 0.465 e. The van der Waals surface area contributed by atoms with E-state index in [2.05, 4.69) is 0 Å². The van der Waals surface area contributed by atoms with Crippen LogP contribution >= 0.6 is 0 Å². The maximum atomic E-state index is 11.2. The van der Waals surface area contributed by atoms with Crippen LogP contribution in [0.15, 0.2) is 0 Å². The van der Waals surface area contributed by atoms with E-state index in [9.17, 15) is 15.0 Å². The highest BCUT2D eigenvalue weighted by atomic mass is 16.4. The second kappa shape index (κ2) is 4.00. The van der Waals surface area contributed by atoms with Gasteiger partial charge in [0.1, 0.15) is 5.72 Å². The second-order valence-electron chi connectivity index (χ2n) is 5.33. The van der Waals surface area contributed by atoms with E-state index in [0.717, 1.165) is 19.3 Å². The van der Waals surface area contributed by atoms with Crippen molar-refractivity contribution in [1.29, 1.82) is 0 Å². The van der Waals surface area contributed by atoms with Crippen molar-refractivity contribution in [1.82, 2.24) is 4.90 Å². The molecular formula is C11H21NO3. The summed E-state index contributed by atoms with van der Waals surface area (Å²) >= 11 is 0. The lowest BCUT2D eigenvalue weighted by Gasteiger charge is -2.47. The third-order valence-electron chi connectivity index (χ3n) is 2.93. The molecule has 0 atom stereocenters. The van der Waals surface area contributed by atoms with Gasteiger partial charge >= 0.3 is 6.09 Å². The molecule has 2 N–H and O–H groups in total. The van der Waals surface area contributed by atoms with Crippen molar-refractivity contribution in [2.75, 3.05) is 0 Å². The molecule has 1 aliphatic carbocycles. The third kappa shape index (κ3) is 2.62. The zero-order valence-electron chi connectivity index (χ0n) is 9.79. The van der Waals surface area contributed by atoms with E-state index in [-0.39, 0.29) is 0 Å². The SMILES string of the molecule is CC(C)(C)N(C(=O)O)C1(O)CCCCC1. The van der Waals surface area contributed by atoms with E-state index < -0.39 is 17.4 Å². The molecule has 0 saturated heterocycles. The van der Waals surface area contributed by atoms with Crippen molar-refractivity contribution < 1.29 is 15.0 Å². The standard InChI is InChI=1S/C11H21NO3/c1-10(2,3)12(9(13)14)11(15)7-5-4-6-8-11/h15H,4-8H2,1-3H3,(H,13,14). The molecule has 1 rings (SSSR count). The van der Waals surface area contributed by atoms with Crippen molar-refractivity contribution in [2.24, 2.45) is 0 Å². The molecular weight excluding hydrogens is 194 g/mol. The zero-order valence-corrected chi connectivity index (χ0v) is 9.79. The first kappa shape index (κ1) is 12.3. The Kier molecular flexibility index (Phi) is 3.28. The lowest BCUT2D eigenvalue weighted by atomic mass is 9.87. The molecule has 0 aromatic heterocycles. The molecule has 88 valence electrons. The molecule has 0 unspecified atom stereocenters. The van der Waals surface area contributed by atoms with Crippen LogP contribution in [0.5, 0.6) is 0 Å². The lowest BCUT2D eigenvalue weighted by molar-refractivity contribution is -0.146. The van der Waals surface area contributed by atoms with Crippen LogP contribution < -0.4 is 0 Å². The van der Waals surface area contributed by atoms with Gasteiger partial charge in [-0.05, 0) is 46.5 Å².